The molecule has 0 bridgehead atoms. The number of rotatable bonds is 19. The van der Waals surface area contributed by atoms with E-state index in [1.54, 1.807) is 0 Å². The number of unbranched alkanes of at least 4 members (excludes halogenated alkanes) is 2. The molecule has 3 rings (SSSR count). The summed E-state index contributed by atoms with van der Waals surface area (Å²) in [6.45, 7) is 6.28. The molecule has 4 atom stereocenters. The van der Waals surface area contributed by atoms with Crippen molar-refractivity contribution in [1.29, 1.82) is 0 Å². The summed E-state index contributed by atoms with van der Waals surface area (Å²) >= 11 is 0. The first-order valence-corrected chi connectivity index (χ1v) is 15.6. The average molecular weight is 553 g/mol. The van der Waals surface area contributed by atoms with Gasteiger partial charge in [0.15, 0.2) is 5.78 Å². The Morgan fingerprint density at radius 1 is 0.659 bits per heavy atom. The van der Waals surface area contributed by atoms with Crippen molar-refractivity contribution in [3.8, 4) is 0 Å². The van der Waals surface area contributed by atoms with Crippen LogP contribution in [0.15, 0.2) is 91.0 Å². The van der Waals surface area contributed by atoms with Crippen molar-refractivity contribution in [3.05, 3.63) is 108 Å². The molecule has 0 saturated heterocycles. The highest BCUT2D eigenvalue weighted by atomic mass is 16.2. The molecule has 0 aliphatic heterocycles. The molecular formula is C38H48O3. The van der Waals surface area contributed by atoms with Crippen molar-refractivity contribution >= 4 is 17.9 Å². The fraction of sp³-hybridized carbons (Fsp3) is 0.447. The first kappa shape index (κ1) is 32.2. The molecule has 3 aromatic carbocycles. The van der Waals surface area contributed by atoms with Crippen LogP contribution in [0.25, 0.3) is 0 Å². The topological polar surface area (TPSA) is 51.2 Å². The van der Waals surface area contributed by atoms with E-state index in [1.165, 1.54) is 0 Å². The van der Waals surface area contributed by atoms with Crippen LogP contribution in [-0.4, -0.2) is 17.9 Å². The molecule has 3 aromatic rings. The Balaban J connectivity index is 2.11. The van der Waals surface area contributed by atoms with E-state index >= 15 is 0 Å². The maximum absolute atomic E-state index is 14.9. The van der Waals surface area contributed by atoms with Crippen LogP contribution in [0.1, 0.15) is 82.4 Å². The van der Waals surface area contributed by atoms with E-state index in [0.29, 0.717) is 32.1 Å². The average Bonchev–Trinajstić information content (AvgIpc) is 3.02. The standard InChI is InChI=1S/C38H48O3/c1-4-7-24-34(27-31-20-14-10-15-21-31)37(41)38(29-39,28-32-22-16-11-17-23-32)35(25-8-5-2)36(40)33(6-3)26-30-18-12-9-13-19-30/h9-23,29,33-35H,4-8,24-28H2,1-3H3. The van der Waals surface area contributed by atoms with Crippen molar-refractivity contribution in [3.63, 3.8) is 0 Å². The highest BCUT2D eigenvalue weighted by Gasteiger charge is 2.51. The van der Waals surface area contributed by atoms with Gasteiger partial charge in [0.1, 0.15) is 12.1 Å². The van der Waals surface area contributed by atoms with E-state index < -0.39 is 11.3 Å². The fourth-order valence-electron chi connectivity index (χ4n) is 6.24. The van der Waals surface area contributed by atoms with Crippen LogP contribution < -0.4 is 0 Å². The van der Waals surface area contributed by atoms with Crippen molar-refractivity contribution in [2.75, 3.05) is 0 Å². The van der Waals surface area contributed by atoms with E-state index in [-0.39, 0.29) is 29.8 Å². The summed E-state index contributed by atoms with van der Waals surface area (Å²) in [5, 5.41) is 0. The first-order valence-electron chi connectivity index (χ1n) is 15.6. The van der Waals surface area contributed by atoms with Gasteiger partial charge in [-0.1, -0.05) is 137 Å². The molecule has 4 unspecified atom stereocenters. The normalized spacial score (nSPS) is 14.9. The Hall–Kier alpha value is -3.33. The van der Waals surface area contributed by atoms with Crippen LogP contribution >= 0.6 is 0 Å². The number of carbonyl (C=O) groups is 3. The summed E-state index contributed by atoms with van der Waals surface area (Å²) in [4.78, 5) is 43.0. The second-order valence-corrected chi connectivity index (χ2v) is 11.6. The van der Waals surface area contributed by atoms with Crippen LogP contribution in [-0.2, 0) is 33.6 Å². The third kappa shape index (κ3) is 8.83. The zero-order valence-electron chi connectivity index (χ0n) is 25.3. The molecule has 0 amide bonds. The number of hydrogen-bond acceptors (Lipinski definition) is 3. The van der Waals surface area contributed by atoms with Crippen LogP contribution in [0.2, 0.25) is 0 Å². The fourth-order valence-corrected chi connectivity index (χ4v) is 6.24. The zero-order chi connectivity index (χ0) is 29.5. The summed E-state index contributed by atoms with van der Waals surface area (Å²) < 4.78 is 0. The van der Waals surface area contributed by atoms with Gasteiger partial charge in [0.2, 0.25) is 0 Å². The molecule has 0 fully saturated rings. The quantitative estimate of drug-likeness (QED) is 0.110. The highest BCUT2D eigenvalue weighted by Crippen LogP contribution is 2.41. The van der Waals surface area contributed by atoms with E-state index in [0.717, 1.165) is 48.7 Å². The van der Waals surface area contributed by atoms with E-state index in [4.69, 9.17) is 0 Å². The van der Waals surface area contributed by atoms with E-state index in [1.807, 2.05) is 73.7 Å². The van der Waals surface area contributed by atoms with Crippen LogP contribution in [0.5, 0.6) is 0 Å². The van der Waals surface area contributed by atoms with Gasteiger partial charge in [-0.2, -0.15) is 0 Å². The van der Waals surface area contributed by atoms with E-state index in [2.05, 4.69) is 38.1 Å². The Morgan fingerprint density at radius 3 is 1.59 bits per heavy atom. The van der Waals surface area contributed by atoms with Crippen LogP contribution in [0.3, 0.4) is 0 Å². The third-order valence-electron chi connectivity index (χ3n) is 8.64. The molecule has 0 radical (unpaired) electrons. The van der Waals surface area contributed by atoms with Gasteiger partial charge in [-0.3, -0.25) is 9.59 Å². The maximum atomic E-state index is 14.9. The lowest BCUT2D eigenvalue weighted by atomic mass is 9.61. The van der Waals surface area contributed by atoms with Crippen molar-refractivity contribution in [2.45, 2.75) is 85.0 Å². The third-order valence-corrected chi connectivity index (χ3v) is 8.64. The predicted molar refractivity (Wildman–Crippen MR) is 169 cm³/mol. The molecule has 0 N–H and O–H groups in total. The maximum Gasteiger partial charge on any atom is 0.150 e. The molecule has 0 aromatic heterocycles. The van der Waals surface area contributed by atoms with Crippen molar-refractivity contribution in [2.24, 2.45) is 23.2 Å². The van der Waals surface area contributed by atoms with Crippen LogP contribution in [0, 0.1) is 23.2 Å². The van der Waals surface area contributed by atoms with Gasteiger partial charge in [0, 0.05) is 17.8 Å². The molecule has 41 heavy (non-hydrogen) atoms. The van der Waals surface area contributed by atoms with Gasteiger partial charge in [-0.25, -0.2) is 0 Å². The molecule has 0 aliphatic carbocycles. The van der Waals surface area contributed by atoms with Gasteiger partial charge in [-0.15, -0.1) is 0 Å². The van der Waals surface area contributed by atoms with Gasteiger partial charge in [0.25, 0.3) is 0 Å². The first-order chi connectivity index (χ1) is 20.0. The summed E-state index contributed by atoms with van der Waals surface area (Å²) in [6, 6.07) is 30.0. The lowest BCUT2D eigenvalue weighted by Crippen LogP contribution is -2.50. The van der Waals surface area contributed by atoms with Gasteiger partial charge in [-0.05, 0) is 55.2 Å². The molecular weight excluding hydrogens is 504 g/mol. The molecule has 3 nitrogen and oxygen atoms in total. The largest absolute Gasteiger partial charge is 0.302 e. The van der Waals surface area contributed by atoms with Crippen molar-refractivity contribution in [1.82, 2.24) is 0 Å². The Morgan fingerprint density at radius 2 is 1.12 bits per heavy atom. The highest BCUT2D eigenvalue weighted by molar-refractivity contribution is 6.05. The minimum absolute atomic E-state index is 0.0577. The zero-order valence-corrected chi connectivity index (χ0v) is 25.3. The monoisotopic (exact) mass is 552 g/mol. The number of aldehydes is 1. The lowest BCUT2D eigenvalue weighted by molar-refractivity contribution is -0.149. The smallest absolute Gasteiger partial charge is 0.150 e. The number of benzene rings is 3. The van der Waals surface area contributed by atoms with Crippen LogP contribution in [0.4, 0.5) is 0 Å². The Bertz CT molecular complexity index is 1190. The summed E-state index contributed by atoms with van der Waals surface area (Å²) in [5.74, 6) is -1.21. The molecule has 0 heterocycles. The second kappa shape index (κ2) is 16.8. The SMILES string of the molecule is CCCCC(Cc1ccccc1)C(=O)C(C=O)(Cc1ccccc1)C(CCCC)C(=O)C(CC)Cc1ccccc1. The van der Waals surface area contributed by atoms with Gasteiger partial charge < -0.3 is 4.79 Å². The summed E-state index contributed by atoms with van der Waals surface area (Å²) in [6.07, 6.45) is 7.85. The molecule has 0 aliphatic rings. The lowest BCUT2D eigenvalue weighted by Gasteiger charge is -2.39. The summed E-state index contributed by atoms with van der Waals surface area (Å²) in [5.41, 5.74) is 1.73. The summed E-state index contributed by atoms with van der Waals surface area (Å²) in [7, 11) is 0. The Kier molecular flexibility index (Phi) is 13.2. The Labute approximate surface area is 247 Å². The van der Waals surface area contributed by atoms with Gasteiger partial charge >= 0.3 is 0 Å². The molecule has 0 spiro atoms. The minimum Gasteiger partial charge on any atom is -0.302 e. The van der Waals surface area contributed by atoms with Gasteiger partial charge in [0.05, 0.1) is 5.41 Å². The predicted octanol–water partition coefficient (Wildman–Crippen LogP) is 8.68. The number of hydrogen-bond donors (Lipinski definition) is 0. The molecule has 0 saturated carbocycles. The second-order valence-electron chi connectivity index (χ2n) is 11.6. The number of Topliss-reactive ketones (excluding diaryl/α,β-unsaturated/α-hetero) is 2. The molecule has 3 heteroatoms. The van der Waals surface area contributed by atoms with Crippen molar-refractivity contribution < 1.29 is 14.4 Å². The molecule has 218 valence electrons. The number of ketones is 2. The minimum atomic E-state index is -1.40. The number of carbonyl (C=O) groups excluding carboxylic acids is 3. The van der Waals surface area contributed by atoms with E-state index in [9.17, 15) is 14.4 Å².